The molecular weight excluding hydrogens is 269 g/mol. The third-order valence-corrected chi connectivity index (χ3v) is 4.81. The normalized spacial score (nSPS) is 14.9. The van der Waals surface area contributed by atoms with Gasteiger partial charge in [0.15, 0.2) is 0 Å². The van der Waals surface area contributed by atoms with Gasteiger partial charge in [-0.15, -0.1) is 0 Å². The van der Waals surface area contributed by atoms with Crippen LogP contribution in [-0.4, -0.2) is 17.0 Å². The van der Waals surface area contributed by atoms with Gasteiger partial charge in [0.05, 0.1) is 14.6 Å². The van der Waals surface area contributed by atoms with Crippen LogP contribution in [0.2, 0.25) is 0 Å². The standard InChI is InChI=1S/C9H11BrFNOS/c1-3-14(13,12-2)9-5-4-7(10)6-8(9)11/h4-6H,3H2,1-2H3. The molecule has 1 atom stereocenters. The maximum absolute atomic E-state index is 13.5. The number of hydrogen-bond donors (Lipinski definition) is 0. The second kappa shape index (κ2) is 4.40. The Kier molecular flexibility index (Phi) is 3.66. The van der Waals surface area contributed by atoms with Gasteiger partial charge in [0.25, 0.3) is 0 Å². The van der Waals surface area contributed by atoms with Crippen molar-refractivity contribution in [3.8, 4) is 0 Å². The highest BCUT2D eigenvalue weighted by Gasteiger charge is 2.14. The van der Waals surface area contributed by atoms with E-state index in [4.69, 9.17) is 0 Å². The molecule has 0 N–H and O–H groups in total. The molecule has 0 aliphatic heterocycles. The number of hydrogen-bond acceptors (Lipinski definition) is 2. The lowest BCUT2D eigenvalue weighted by molar-refractivity contribution is 0.593. The Bertz CT molecular complexity index is 452. The molecule has 0 aromatic heterocycles. The predicted octanol–water partition coefficient (Wildman–Crippen LogP) is 3.06. The van der Waals surface area contributed by atoms with Gasteiger partial charge in [-0.05, 0) is 18.2 Å². The summed E-state index contributed by atoms with van der Waals surface area (Å²) in [5.41, 5.74) is 0. The summed E-state index contributed by atoms with van der Waals surface area (Å²) in [5.74, 6) is -0.154. The fraction of sp³-hybridized carbons (Fsp3) is 0.333. The Labute approximate surface area is 91.8 Å². The monoisotopic (exact) mass is 279 g/mol. The summed E-state index contributed by atoms with van der Waals surface area (Å²) < 4.78 is 29.9. The molecule has 0 spiro atoms. The molecule has 0 amide bonds. The highest BCUT2D eigenvalue weighted by atomic mass is 79.9. The molecule has 1 unspecified atom stereocenters. The van der Waals surface area contributed by atoms with Crippen LogP contribution in [0.1, 0.15) is 6.92 Å². The van der Waals surface area contributed by atoms with Gasteiger partial charge in [-0.3, -0.25) is 0 Å². The van der Waals surface area contributed by atoms with E-state index in [1.807, 2.05) is 0 Å². The van der Waals surface area contributed by atoms with Crippen molar-refractivity contribution in [2.75, 3.05) is 12.8 Å². The lowest BCUT2D eigenvalue weighted by Crippen LogP contribution is -2.06. The van der Waals surface area contributed by atoms with Gasteiger partial charge in [0.2, 0.25) is 0 Å². The number of nitrogens with zero attached hydrogens (tertiary/aromatic N) is 1. The van der Waals surface area contributed by atoms with Gasteiger partial charge in [0, 0.05) is 17.3 Å². The maximum Gasteiger partial charge on any atom is 0.141 e. The quantitative estimate of drug-likeness (QED) is 0.818. The van der Waals surface area contributed by atoms with Crippen molar-refractivity contribution in [3.63, 3.8) is 0 Å². The van der Waals surface area contributed by atoms with Gasteiger partial charge in [-0.25, -0.2) is 13.0 Å². The SMILES string of the molecule is CCS(=O)(=NC)c1ccc(Br)cc1F. The molecule has 0 bridgehead atoms. The third-order valence-electron chi connectivity index (χ3n) is 1.92. The molecule has 1 aromatic carbocycles. The van der Waals surface area contributed by atoms with Crippen LogP contribution >= 0.6 is 15.9 Å². The minimum absolute atomic E-state index is 0.186. The van der Waals surface area contributed by atoms with Crippen molar-refractivity contribution < 1.29 is 8.60 Å². The molecule has 0 saturated heterocycles. The van der Waals surface area contributed by atoms with E-state index >= 15 is 0 Å². The smallest absolute Gasteiger partial charge is 0.141 e. The van der Waals surface area contributed by atoms with Crippen LogP contribution in [-0.2, 0) is 9.73 Å². The molecule has 0 fully saturated rings. The zero-order chi connectivity index (χ0) is 10.8. The van der Waals surface area contributed by atoms with Crippen molar-refractivity contribution >= 4 is 25.7 Å². The zero-order valence-corrected chi connectivity index (χ0v) is 10.4. The van der Waals surface area contributed by atoms with Crippen molar-refractivity contribution in [1.29, 1.82) is 0 Å². The van der Waals surface area contributed by atoms with E-state index in [1.165, 1.54) is 19.2 Å². The molecular formula is C9H11BrFNOS. The summed E-state index contributed by atoms with van der Waals surface area (Å²) in [7, 11) is -1.11. The van der Waals surface area contributed by atoms with Gasteiger partial charge >= 0.3 is 0 Å². The Hall–Kier alpha value is -0.420. The Morgan fingerprint density at radius 2 is 2.21 bits per heavy atom. The Morgan fingerprint density at radius 1 is 1.57 bits per heavy atom. The van der Waals surface area contributed by atoms with Gasteiger partial charge < -0.3 is 0 Å². The van der Waals surface area contributed by atoms with E-state index in [2.05, 4.69) is 20.3 Å². The fourth-order valence-electron chi connectivity index (χ4n) is 1.12. The summed E-state index contributed by atoms with van der Waals surface area (Å²) >= 11 is 3.14. The molecule has 0 saturated carbocycles. The largest absolute Gasteiger partial charge is 0.245 e. The summed E-state index contributed by atoms with van der Waals surface area (Å²) in [4.78, 5) is 0.186. The number of halogens is 2. The average Bonchev–Trinajstić information content (AvgIpc) is 2.17. The van der Waals surface area contributed by atoms with Crippen molar-refractivity contribution in [2.45, 2.75) is 11.8 Å². The minimum atomic E-state index is -2.56. The maximum atomic E-state index is 13.5. The van der Waals surface area contributed by atoms with Crippen LogP contribution in [0.4, 0.5) is 4.39 Å². The molecule has 14 heavy (non-hydrogen) atoms. The molecule has 2 nitrogen and oxygen atoms in total. The molecule has 5 heteroatoms. The van der Waals surface area contributed by atoms with Crippen molar-refractivity contribution in [3.05, 3.63) is 28.5 Å². The molecule has 78 valence electrons. The Morgan fingerprint density at radius 3 is 2.64 bits per heavy atom. The molecule has 0 radical (unpaired) electrons. The lowest BCUT2D eigenvalue weighted by Gasteiger charge is -2.07. The fourth-order valence-corrected chi connectivity index (χ4v) is 2.86. The third kappa shape index (κ3) is 2.15. The van der Waals surface area contributed by atoms with Crippen LogP contribution in [0, 0.1) is 5.82 Å². The first-order chi connectivity index (χ1) is 6.53. The van der Waals surface area contributed by atoms with E-state index in [-0.39, 0.29) is 4.90 Å². The highest BCUT2D eigenvalue weighted by molar-refractivity contribution is 9.10. The summed E-state index contributed by atoms with van der Waals surface area (Å²) in [6.07, 6.45) is 0. The lowest BCUT2D eigenvalue weighted by atomic mass is 10.3. The van der Waals surface area contributed by atoms with Crippen LogP contribution < -0.4 is 0 Å². The molecule has 1 rings (SSSR count). The Balaban J connectivity index is 3.41. The second-order valence-electron chi connectivity index (χ2n) is 2.69. The van der Waals surface area contributed by atoms with Crippen LogP contribution in [0.3, 0.4) is 0 Å². The van der Waals surface area contributed by atoms with Crippen LogP contribution in [0.5, 0.6) is 0 Å². The van der Waals surface area contributed by atoms with E-state index in [9.17, 15) is 8.60 Å². The van der Waals surface area contributed by atoms with Gasteiger partial charge in [0.1, 0.15) is 5.82 Å². The highest BCUT2D eigenvalue weighted by Crippen LogP contribution is 2.21. The van der Waals surface area contributed by atoms with E-state index in [0.29, 0.717) is 10.2 Å². The first kappa shape index (κ1) is 11.7. The van der Waals surface area contributed by atoms with Gasteiger partial charge in [-0.2, -0.15) is 0 Å². The number of benzene rings is 1. The number of rotatable bonds is 2. The van der Waals surface area contributed by atoms with E-state index in [1.54, 1.807) is 13.0 Å². The molecule has 0 aliphatic rings. The van der Waals surface area contributed by atoms with E-state index in [0.717, 1.165) is 0 Å². The second-order valence-corrected chi connectivity index (χ2v) is 6.27. The summed E-state index contributed by atoms with van der Waals surface area (Å²) in [6, 6.07) is 4.48. The average molecular weight is 280 g/mol. The first-order valence-corrected chi connectivity index (χ1v) is 6.59. The van der Waals surface area contributed by atoms with Crippen LogP contribution in [0.15, 0.2) is 31.9 Å². The summed E-state index contributed by atoms with van der Waals surface area (Å²) in [5, 5.41) is 0. The van der Waals surface area contributed by atoms with Gasteiger partial charge in [-0.1, -0.05) is 22.9 Å². The first-order valence-electron chi connectivity index (χ1n) is 4.11. The topological polar surface area (TPSA) is 29.4 Å². The molecule has 1 aromatic rings. The van der Waals surface area contributed by atoms with E-state index < -0.39 is 15.5 Å². The molecule has 0 heterocycles. The summed E-state index contributed by atoms with van der Waals surface area (Å²) in [6.45, 7) is 1.73. The zero-order valence-electron chi connectivity index (χ0n) is 7.96. The predicted molar refractivity (Wildman–Crippen MR) is 59.4 cm³/mol. The van der Waals surface area contributed by atoms with Crippen molar-refractivity contribution in [1.82, 2.24) is 0 Å². The van der Waals surface area contributed by atoms with Crippen molar-refractivity contribution in [2.24, 2.45) is 4.36 Å². The molecule has 0 aliphatic carbocycles. The minimum Gasteiger partial charge on any atom is -0.245 e. The van der Waals surface area contributed by atoms with Crippen LogP contribution in [0.25, 0.3) is 0 Å².